The van der Waals surface area contributed by atoms with Gasteiger partial charge in [-0.3, -0.25) is 9.59 Å². The monoisotopic (exact) mass is 387 g/mol. The number of nitrogens with zero attached hydrogens (tertiary/aromatic N) is 4. The topological polar surface area (TPSA) is 89.4 Å². The molecule has 27 heavy (non-hydrogen) atoms. The molecule has 1 saturated heterocycles. The highest BCUT2D eigenvalue weighted by Crippen LogP contribution is 2.34. The molecule has 0 aliphatic carbocycles. The van der Waals surface area contributed by atoms with Crippen LogP contribution in [0.4, 0.5) is 8.78 Å². The Hall–Kier alpha value is -2.10. The van der Waals surface area contributed by atoms with Crippen LogP contribution in [-0.2, 0) is 16.1 Å². The van der Waals surface area contributed by atoms with Gasteiger partial charge in [-0.25, -0.2) is 13.5 Å². The molecule has 1 aliphatic rings. The van der Waals surface area contributed by atoms with E-state index in [9.17, 15) is 18.4 Å². The number of methoxy groups -OCH3 is 1. The molecule has 10 heteroatoms. The molecule has 2 heterocycles. The van der Waals surface area contributed by atoms with Gasteiger partial charge in [-0.2, -0.15) is 0 Å². The van der Waals surface area contributed by atoms with E-state index < -0.39 is 30.8 Å². The van der Waals surface area contributed by atoms with Crippen molar-refractivity contribution in [2.45, 2.75) is 51.6 Å². The smallest absolute Gasteiger partial charge is 0.273 e. The van der Waals surface area contributed by atoms with Gasteiger partial charge in [-0.05, 0) is 12.8 Å². The summed E-state index contributed by atoms with van der Waals surface area (Å²) < 4.78 is 34.1. The Morgan fingerprint density at radius 2 is 2.11 bits per heavy atom. The zero-order valence-electron chi connectivity index (χ0n) is 16.0. The van der Waals surface area contributed by atoms with Crippen molar-refractivity contribution >= 4 is 11.8 Å². The number of halogens is 2. The van der Waals surface area contributed by atoms with Crippen LogP contribution in [0.5, 0.6) is 0 Å². The number of alkyl halides is 2. The molecule has 8 nitrogen and oxygen atoms in total. The van der Waals surface area contributed by atoms with Crippen LogP contribution in [-0.4, -0.2) is 70.5 Å². The fraction of sp³-hybridized carbons (Fsp3) is 0.765. The van der Waals surface area contributed by atoms with Crippen molar-refractivity contribution in [1.29, 1.82) is 0 Å². The van der Waals surface area contributed by atoms with Gasteiger partial charge in [0.25, 0.3) is 11.8 Å². The fourth-order valence-electron chi connectivity index (χ4n) is 3.26. The van der Waals surface area contributed by atoms with Gasteiger partial charge in [0.2, 0.25) is 5.91 Å². The van der Waals surface area contributed by atoms with Gasteiger partial charge in [0.15, 0.2) is 5.69 Å². The van der Waals surface area contributed by atoms with Gasteiger partial charge in [0.05, 0.1) is 31.9 Å². The number of carbonyl (C=O) groups is 2. The maximum absolute atomic E-state index is 14.0. The van der Waals surface area contributed by atoms with Crippen LogP contribution < -0.4 is 5.32 Å². The van der Waals surface area contributed by atoms with Crippen molar-refractivity contribution in [3.8, 4) is 0 Å². The summed E-state index contributed by atoms with van der Waals surface area (Å²) in [6, 6.07) is -0.681. The molecular formula is C17H27F2N5O3. The van der Waals surface area contributed by atoms with E-state index in [1.54, 1.807) is 0 Å². The number of likely N-dealkylation sites (tertiary alicyclic amines) is 1. The molecule has 2 amide bonds. The Morgan fingerprint density at radius 3 is 2.74 bits per heavy atom. The Kier molecular flexibility index (Phi) is 7.23. The standard InChI is InChI=1S/C17H27F2N5O3/c1-4-12(5-2)16(26)24-11-17(18,19)8-13(24)9-23-10-14(21-22-23)15(25)20-6-7-27-3/h10,12-13H,4-9,11H2,1-3H3,(H,20,25)/t13-/m0/s1. The van der Waals surface area contributed by atoms with Crippen LogP contribution in [0.15, 0.2) is 6.20 Å². The molecule has 2 rings (SSSR count). The number of carbonyl (C=O) groups excluding carboxylic acids is 2. The first-order valence-electron chi connectivity index (χ1n) is 9.16. The first kappa shape index (κ1) is 21.2. The predicted molar refractivity (Wildman–Crippen MR) is 93.4 cm³/mol. The number of aromatic nitrogens is 3. The first-order valence-corrected chi connectivity index (χ1v) is 9.16. The largest absolute Gasteiger partial charge is 0.383 e. The molecule has 1 aromatic rings. The third kappa shape index (κ3) is 5.44. The number of amides is 2. The van der Waals surface area contributed by atoms with E-state index >= 15 is 0 Å². The van der Waals surface area contributed by atoms with Crippen molar-refractivity contribution in [2.75, 3.05) is 26.8 Å². The van der Waals surface area contributed by atoms with E-state index in [0.717, 1.165) is 0 Å². The molecule has 1 aliphatic heterocycles. The molecule has 1 atom stereocenters. The van der Waals surface area contributed by atoms with Crippen LogP contribution >= 0.6 is 0 Å². The second-order valence-electron chi connectivity index (χ2n) is 6.77. The lowest BCUT2D eigenvalue weighted by Gasteiger charge is -2.27. The minimum atomic E-state index is -2.92. The summed E-state index contributed by atoms with van der Waals surface area (Å²) in [4.78, 5) is 25.8. The van der Waals surface area contributed by atoms with Crippen molar-refractivity contribution in [3.63, 3.8) is 0 Å². The Labute approximate surface area is 157 Å². The van der Waals surface area contributed by atoms with Crippen LogP contribution in [0.25, 0.3) is 0 Å². The van der Waals surface area contributed by atoms with Crippen molar-refractivity contribution < 1.29 is 23.1 Å². The average Bonchev–Trinajstić information content (AvgIpc) is 3.20. The van der Waals surface area contributed by atoms with Crippen LogP contribution in [0.3, 0.4) is 0 Å². The molecule has 0 saturated carbocycles. The molecule has 0 spiro atoms. The summed E-state index contributed by atoms with van der Waals surface area (Å²) >= 11 is 0. The highest BCUT2D eigenvalue weighted by molar-refractivity contribution is 5.91. The summed E-state index contributed by atoms with van der Waals surface area (Å²) in [7, 11) is 1.52. The van der Waals surface area contributed by atoms with Crippen LogP contribution in [0.1, 0.15) is 43.6 Å². The normalized spacial score (nSPS) is 18.9. The SMILES string of the molecule is CCC(CC)C(=O)N1CC(F)(F)C[C@H]1Cn1cc(C(=O)NCCOC)nn1. The summed E-state index contributed by atoms with van der Waals surface area (Å²) in [5.74, 6) is -3.85. The Bertz CT molecular complexity index is 648. The molecule has 0 bridgehead atoms. The average molecular weight is 387 g/mol. The molecule has 1 N–H and O–H groups in total. The second kappa shape index (κ2) is 9.20. The Morgan fingerprint density at radius 1 is 1.41 bits per heavy atom. The van der Waals surface area contributed by atoms with Crippen molar-refractivity contribution in [3.05, 3.63) is 11.9 Å². The summed E-state index contributed by atoms with van der Waals surface area (Å²) in [5.41, 5.74) is 0.0914. The molecule has 1 aromatic heterocycles. The van der Waals surface area contributed by atoms with Gasteiger partial charge in [-0.15, -0.1) is 5.10 Å². The summed E-state index contributed by atoms with van der Waals surface area (Å²) in [6.07, 6.45) is 2.20. The maximum atomic E-state index is 14.0. The summed E-state index contributed by atoms with van der Waals surface area (Å²) in [5, 5.41) is 10.2. The minimum absolute atomic E-state index is 0.0693. The number of ether oxygens (including phenoxy) is 1. The Balaban J connectivity index is 2.05. The predicted octanol–water partition coefficient (Wildman–Crippen LogP) is 1.33. The quantitative estimate of drug-likeness (QED) is 0.646. The van der Waals surface area contributed by atoms with E-state index in [4.69, 9.17) is 4.74 Å². The number of hydrogen-bond donors (Lipinski definition) is 1. The molecular weight excluding hydrogens is 360 g/mol. The van der Waals surface area contributed by atoms with E-state index in [0.29, 0.717) is 26.0 Å². The van der Waals surface area contributed by atoms with Crippen molar-refractivity contribution in [1.82, 2.24) is 25.2 Å². The second-order valence-corrected chi connectivity index (χ2v) is 6.77. The maximum Gasteiger partial charge on any atom is 0.273 e. The zero-order chi connectivity index (χ0) is 20.0. The number of hydrogen-bond acceptors (Lipinski definition) is 5. The van der Waals surface area contributed by atoms with Crippen molar-refractivity contribution in [2.24, 2.45) is 5.92 Å². The van der Waals surface area contributed by atoms with Gasteiger partial charge in [-0.1, -0.05) is 19.1 Å². The molecule has 0 unspecified atom stereocenters. The number of rotatable bonds is 9. The highest BCUT2D eigenvalue weighted by Gasteiger charge is 2.47. The molecule has 0 radical (unpaired) electrons. The summed E-state index contributed by atoms with van der Waals surface area (Å²) in [6.45, 7) is 3.94. The van der Waals surface area contributed by atoms with Crippen LogP contribution in [0.2, 0.25) is 0 Å². The fourth-order valence-corrected chi connectivity index (χ4v) is 3.26. The molecule has 152 valence electrons. The lowest BCUT2D eigenvalue weighted by atomic mass is 10.0. The van der Waals surface area contributed by atoms with Crippen LogP contribution in [0, 0.1) is 5.92 Å². The number of nitrogens with one attached hydrogen (secondary N) is 1. The minimum Gasteiger partial charge on any atom is -0.383 e. The third-order valence-electron chi connectivity index (χ3n) is 4.76. The van der Waals surface area contributed by atoms with Gasteiger partial charge >= 0.3 is 0 Å². The van der Waals surface area contributed by atoms with E-state index in [-0.39, 0.29) is 24.1 Å². The van der Waals surface area contributed by atoms with E-state index in [2.05, 4.69) is 15.6 Å². The van der Waals surface area contributed by atoms with Gasteiger partial charge in [0.1, 0.15) is 0 Å². The van der Waals surface area contributed by atoms with Gasteiger partial charge in [0, 0.05) is 26.0 Å². The van der Waals surface area contributed by atoms with E-state index in [1.807, 2.05) is 13.8 Å². The molecule has 0 aromatic carbocycles. The highest BCUT2D eigenvalue weighted by atomic mass is 19.3. The lowest BCUT2D eigenvalue weighted by molar-refractivity contribution is -0.138. The van der Waals surface area contributed by atoms with Gasteiger partial charge < -0.3 is 15.0 Å². The third-order valence-corrected chi connectivity index (χ3v) is 4.76. The first-order chi connectivity index (χ1) is 12.8. The lowest BCUT2D eigenvalue weighted by Crippen LogP contribution is -2.42. The van der Waals surface area contributed by atoms with E-state index in [1.165, 1.54) is 22.9 Å². The molecule has 1 fully saturated rings. The zero-order valence-corrected chi connectivity index (χ0v) is 16.0.